The van der Waals surface area contributed by atoms with Crippen molar-refractivity contribution in [2.24, 2.45) is 0 Å². The van der Waals surface area contributed by atoms with E-state index in [4.69, 9.17) is 9.51 Å². The topological polar surface area (TPSA) is 75.9 Å². The van der Waals surface area contributed by atoms with Gasteiger partial charge in [-0.3, -0.25) is 0 Å². The van der Waals surface area contributed by atoms with Crippen LogP contribution in [0.4, 0.5) is 17.5 Å². The Morgan fingerprint density at radius 2 is 1.81 bits per heavy atom. The minimum Gasteiger partial charge on any atom is -0.367 e. The van der Waals surface area contributed by atoms with E-state index in [-0.39, 0.29) is 0 Å². The van der Waals surface area contributed by atoms with Gasteiger partial charge in [-0.25, -0.2) is 4.98 Å². The molecule has 6 heteroatoms. The van der Waals surface area contributed by atoms with E-state index in [1.165, 1.54) is 25.7 Å². The number of aromatic nitrogens is 3. The lowest BCUT2D eigenvalue weighted by atomic mass is 10.1. The van der Waals surface area contributed by atoms with E-state index in [2.05, 4.69) is 20.8 Å². The molecule has 0 radical (unpaired) electrons. The van der Waals surface area contributed by atoms with Gasteiger partial charge in [-0.15, -0.1) is 0 Å². The highest BCUT2D eigenvalue weighted by atomic mass is 16.5. The average Bonchev–Trinajstić information content (AvgIpc) is 3.25. The van der Waals surface area contributed by atoms with Gasteiger partial charge >= 0.3 is 0 Å². The van der Waals surface area contributed by atoms with Gasteiger partial charge in [0.25, 0.3) is 0 Å². The molecule has 0 aliphatic heterocycles. The molecule has 0 saturated heterocycles. The Morgan fingerprint density at radius 1 is 1.04 bits per heavy atom. The van der Waals surface area contributed by atoms with Crippen LogP contribution in [0.3, 0.4) is 0 Å². The van der Waals surface area contributed by atoms with Crippen LogP contribution < -0.4 is 10.6 Å². The number of aryl methyl sites for hydroxylation is 2. The zero-order valence-electron chi connectivity index (χ0n) is 15.1. The number of para-hydroxylation sites is 1. The average molecular weight is 349 g/mol. The Balaban J connectivity index is 1.71. The zero-order valence-corrected chi connectivity index (χ0v) is 15.1. The highest BCUT2D eigenvalue weighted by molar-refractivity contribution is 5.69. The predicted octanol–water partition coefficient (Wildman–Crippen LogP) is 4.85. The molecule has 2 N–H and O–H groups in total. The number of hydrogen-bond acceptors (Lipinski definition) is 6. The van der Waals surface area contributed by atoms with Crippen LogP contribution >= 0.6 is 0 Å². The molecule has 1 saturated carbocycles. The molecule has 1 aliphatic carbocycles. The van der Waals surface area contributed by atoms with E-state index in [1.54, 1.807) is 0 Å². The first-order chi connectivity index (χ1) is 12.7. The quantitative estimate of drug-likeness (QED) is 0.686. The van der Waals surface area contributed by atoms with Gasteiger partial charge in [0, 0.05) is 17.8 Å². The van der Waals surface area contributed by atoms with Crippen LogP contribution in [-0.4, -0.2) is 21.2 Å². The second kappa shape index (κ2) is 7.15. The first-order valence-corrected chi connectivity index (χ1v) is 9.10. The highest BCUT2D eigenvalue weighted by Crippen LogP contribution is 2.30. The van der Waals surface area contributed by atoms with Crippen molar-refractivity contribution in [2.75, 3.05) is 10.6 Å². The van der Waals surface area contributed by atoms with Crippen molar-refractivity contribution in [3.8, 4) is 11.3 Å². The number of rotatable bonds is 5. The fourth-order valence-electron chi connectivity index (χ4n) is 3.48. The maximum atomic E-state index is 5.33. The van der Waals surface area contributed by atoms with Gasteiger partial charge in [0.1, 0.15) is 11.6 Å². The molecule has 4 rings (SSSR count). The summed E-state index contributed by atoms with van der Waals surface area (Å²) in [6.45, 7) is 3.84. The third-order valence-electron chi connectivity index (χ3n) is 4.75. The summed E-state index contributed by atoms with van der Waals surface area (Å²) in [4.78, 5) is 9.38. The highest BCUT2D eigenvalue weighted by Gasteiger charge is 2.19. The summed E-state index contributed by atoms with van der Waals surface area (Å²) >= 11 is 0. The fourth-order valence-corrected chi connectivity index (χ4v) is 3.48. The van der Waals surface area contributed by atoms with E-state index in [9.17, 15) is 0 Å². The van der Waals surface area contributed by atoms with Crippen molar-refractivity contribution < 1.29 is 4.52 Å². The van der Waals surface area contributed by atoms with Crippen LogP contribution in [0.1, 0.15) is 37.1 Å². The monoisotopic (exact) mass is 349 g/mol. The molecule has 6 nitrogen and oxygen atoms in total. The summed E-state index contributed by atoms with van der Waals surface area (Å²) in [5, 5.41) is 10.9. The van der Waals surface area contributed by atoms with Crippen LogP contribution in [0.2, 0.25) is 0 Å². The number of nitrogens with one attached hydrogen (secondary N) is 2. The summed E-state index contributed by atoms with van der Waals surface area (Å²) in [6, 6.07) is 12.4. The Kier molecular flexibility index (Phi) is 4.56. The third kappa shape index (κ3) is 3.54. The Labute approximate surface area is 153 Å². The molecule has 0 bridgehead atoms. The molecular formula is C20H23N5O. The molecule has 1 aliphatic rings. The lowest BCUT2D eigenvalue weighted by Crippen LogP contribution is -2.16. The SMILES string of the molecule is Cc1noc(C)c1-c1cc(NC2CCCC2)nc(Nc2ccccc2)n1. The second-order valence-corrected chi connectivity index (χ2v) is 6.78. The molecule has 2 aromatic heterocycles. The number of hydrogen-bond donors (Lipinski definition) is 2. The van der Waals surface area contributed by atoms with Crippen molar-refractivity contribution in [2.45, 2.75) is 45.6 Å². The van der Waals surface area contributed by atoms with E-state index in [1.807, 2.05) is 50.2 Å². The molecule has 0 atom stereocenters. The Morgan fingerprint density at radius 3 is 2.50 bits per heavy atom. The largest absolute Gasteiger partial charge is 0.367 e. The summed E-state index contributed by atoms with van der Waals surface area (Å²) in [6.07, 6.45) is 4.92. The minimum atomic E-state index is 0.479. The molecule has 1 aromatic carbocycles. The standard InChI is InChI=1S/C20H23N5O/c1-13-19(14(2)26-25-13)17-12-18(21-15-10-6-7-11-15)24-20(23-17)22-16-8-4-3-5-9-16/h3-5,8-9,12,15H,6-7,10-11H2,1-2H3,(H2,21,22,23,24). The normalized spacial score (nSPS) is 14.5. The lowest BCUT2D eigenvalue weighted by molar-refractivity contribution is 0.393. The lowest BCUT2D eigenvalue weighted by Gasteiger charge is -2.15. The van der Waals surface area contributed by atoms with Gasteiger partial charge < -0.3 is 15.2 Å². The number of anilines is 3. The van der Waals surface area contributed by atoms with Crippen LogP contribution in [-0.2, 0) is 0 Å². The summed E-state index contributed by atoms with van der Waals surface area (Å²) in [5.74, 6) is 2.16. The van der Waals surface area contributed by atoms with Crippen molar-refractivity contribution in [1.82, 2.24) is 15.1 Å². The first kappa shape index (κ1) is 16.6. The van der Waals surface area contributed by atoms with E-state index in [0.717, 1.165) is 34.2 Å². The van der Waals surface area contributed by atoms with Gasteiger partial charge in [-0.1, -0.05) is 36.2 Å². The number of benzene rings is 1. The molecule has 3 aromatic rings. The van der Waals surface area contributed by atoms with E-state index < -0.39 is 0 Å². The van der Waals surface area contributed by atoms with E-state index in [0.29, 0.717) is 12.0 Å². The van der Waals surface area contributed by atoms with Gasteiger partial charge in [-0.2, -0.15) is 4.98 Å². The maximum Gasteiger partial charge on any atom is 0.229 e. The van der Waals surface area contributed by atoms with Crippen molar-refractivity contribution in [3.05, 3.63) is 47.9 Å². The Hall–Kier alpha value is -2.89. The zero-order chi connectivity index (χ0) is 17.9. The summed E-state index contributed by atoms with van der Waals surface area (Å²) in [7, 11) is 0. The molecule has 26 heavy (non-hydrogen) atoms. The Bertz CT molecular complexity index is 865. The molecule has 1 fully saturated rings. The van der Waals surface area contributed by atoms with E-state index >= 15 is 0 Å². The molecule has 0 amide bonds. The minimum absolute atomic E-state index is 0.479. The summed E-state index contributed by atoms with van der Waals surface area (Å²) < 4.78 is 5.33. The van der Waals surface area contributed by atoms with Crippen LogP contribution in [0.5, 0.6) is 0 Å². The van der Waals surface area contributed by atoms with Gasteiger partial charge in [0.15, 0.2) is 0 Å². The molecule has 0 unspecified atom stereocenters. The van der Waals surface area contributed by atoms with Crippen LogP contribution in [0, 0.1) is 13.8 Å². The maximum absolute atomic E-state index is 5.33. The number of nitrogens with zero attached hydrogens (tertiary/aromatic N) is 3. The van der Waals surface area contributed by atoms with Gasteiger partial charge in [0.2, 0.25) is 5.95 Å². The molecular weight excluding hydrogens is 326 g/mol. The summed E-state index contributed by atoms with van der Waals surface area (Å²) in [5.41, 5.74) is 3.53. The first-order valence-electron chi connectivity index (χ1n) is 9.10. The molecule has 134 valence electrons. The fraction of sp³-hybridized carbons (Fsp3) is 0.350. The van der Waals surface area contributed by atoms with Crippen LogP contribution in [0.15, 0.2) is 40.9 Å². The molecule has 0 spiro atoms. The van der Waals surface area contributed by atoms with Crippen LogP contribution in [0.25, 0.3) is 11.3 Å². The predicted molar refractivity (Wildman–Crippen MR) is 103 cm³/mol. The van der Waals surface area contributed by atoms with Gasteiger partial charge in [-0.05, 0) is 38.8 Å². The van der Waals surface area contributed by atoms with Crippen molar-refractivity contribution in [1.29, 1.82) is 0 Å². The van der Waals surface area contributed by atoms with Crippen molar-refractivity contribution >= 4 is 17.5 Å². The van der Waals surface area contributed by atoms with Crippen molar-refractivity contribution in [3.63, 3.8) is 0 Å². The third-order valence-corrected chi connectivity index (χ3v) is 4.75. The molecule has 2 heterocycles. The smallest absolute Gasteiger partial charge is 0.229 e. The van der Waals surface area contributed by atoms with Gasteiger partial charge in [0.05, 0.1) is 17.0 Å². The second-order valence-electron chi connectivity index (χ2n) is 6.78.